The zero-order chi connectivity index (χ0) is 21.6. The first-order chi connectivity index (χ1) is 14.3. The molecule has 0 aromatic heterocycles. The van der Waals surface area contributed by atoms with Gasteiger partial charge < -0.3 is 34.9 Å². The van der Waals surface area contributed by atoms with E-state index in [9.17, 15) is 9.90 Å². The molecule has 3 unspecified atom stereocenters. The molecule has 0 fully saturated rings. The minimum atomic E-state index is -1.03. The molecule has 1 amide bonds. The third-order valence-electron chi connectivity index (χ3n) is 6.78. The van der Waals surface area contributed by atoms with Crippen LogP contribution in [0.5, 0.6) is 11.5 Å². The van der Waals surface area contributed by atoms with Gasteiger partial charge in [-0.05, 0) is 37.7 Å². The van der Waals surface area contributed by atoms with Crippen LogP contribution in [-0.4, -0.2) is 79.6 Å². The largest absolute Gasteiger partial charge is 0.493 e. The summed E-state index contributed by atoms with van der Waals surface area (Å²) in [7, 11) is 5.28. The molecule has 30 heavy (non-hydrogen) atoms. The highest BCUT2D eigenvalue weighted by atomic mass is 16.6. The summed E-state index contributed by atoms with van der Waals surface area (Å²) in [6.07, 6.45) is 1.84. The number of nitrogens with zero attached hydrogens (tertiary/aromatic N) is 2. The zero-order valence-electron chi connectivity index (χ0n) is 18.1. The molecule has 1 aromatic rings. The third kappa shape index (κ3) is 3.05. The van der Waals surface area contributed by atoms with Gasteiger partial charge in [0.25, 0.3) is 0 Å². The van der Waals surface area contributed by atoms with E-state index < -0.39 is 17.8 Å². The number of rotatable bonds is 6. The number of likely N-dealkylation sites (N-methyl/N-ethyl adjacent to an activating group) is 2. The van der Waals surface area contributed by atoms with Crippen molar-refractivity contribution in [1.29, 1.82) is 0 Å². The Balaban J connectivity index is 1.76. The van der Waals surface area contributed by atoms with Crippen LogP contribution in [0, 0.1) is 0 Å². The molecule has 8 nitrogen and oxygen atoms in total. The van der Waals surface area contributed by atoms with E-state index >= 15 is 0 Å². The number of hydrogen-bond donors (Lipinski definition) is 2. The van der Waals surface area contributed by atoms with Crippen molar-refractivity contribution in [2.45, 2.75) is 43.4 Å². The van der Waals surface area contributed by atoms with Gasteiger partial charge in [-0.1, -0.05) is 13.0 Å². The van der Waals surface area contributed by atoms with E-state index in [2.05, 4.69) is 17.9 Å². The molecule has 8 heteroatoms. The number of benzene rings is 1. The molecule has 3 N–H and O–H groups in total. The van der Waals surface area contributed by atoms with E-state index in [0.29, 0.717) is 36.8 Å². The average molecular weight is 418 g/mol. The molecule has 0 bridgehead atoms. The first kappa shape index (κ1) is 21.0. The standard InChI is InChI=1S/C22H31N3O5/c1-5-24(2)16-12-13-6-7-14(28-4)19-17(13)18-20(30-19)15(8-9-22(16,18)27)29-21(26)25(3)11-10-23/h6-8,16,18,20,27H,5,9-12,23H2,1-4H3/t16-,18?,20?,22?/m1/s1. The maximum absolute atomic E-state index is 12.5. The van der Waals surface area contributed by atoms with Gasteiger partial charge in [0.2, 0.25) is 0 Å². The van der Waals surface area contributed by atoms with Gasteiger partial charge in [0, 0.05) is 38.2 Å². The molecule has 0 radical (unpaired) electrons. The summed E-state index contributed by atoms with van der Waals surface area (Å²) >= 11 is 0. The van der Waals surface area contributed by atoms with Crippen molar-refractivity contribution < 1.29 is 24.1 Å². The maximum Gasteiger partial charge on any atom is 0.414 e. The molecule has 4 rings (SSSR count). The second-order valence-electron chi connectivity index (χ2n) is 8.36. The minimum absolute atomic E-state index is 0.0705. The summed E-state index contributed by atoms with van der Waals surface area (Å²) < 4.78 is 17.5. The molecule has 164 valence electrons. The molecule has 0 spiro atoms. The lowest BCUT2D eigenvalue weighted by Crippen LogP contribution is -2.61. The van der Waals surface area contributed by atoms with E-state index in [0.717, 1.165) is 24.1 Å². The summed E-state index contributed by atoms with van der Waals surface area (Å²) in [5.41, 5.74) is 6.63. The van der Waals surface area contributed by atoms with Gasteiger partial charge in [0.15, 0.2) is 17.6 Å². The Morgan fingerprint density at radius 1 is 1.40 bits per heavy atom. The van der Waals surface area contributed by atoms with Crippen LogP contribution in [-0.2, 0) is 11.2 Å². The van der Waals surface area contributed by atoms with Crippen LogP contribution in [0.15, 0.2) is 24.0 Å². The Hall–Kier alpha value is -2.29. The molecular formula is C22H31N3O5. The summed E-state index contributed by atoms with van der Waals surface area (Å²) in [5, 5.41) is 11.9. The van der Waals surface area contributed by atoms with Crippen LogP contribution in [0.2, 0.25) is 0 Å². The van der Waals surface area contributed by atoms with E-state index in [1.165, 1.54) is 4.90 Å². The van der Waals surface area contributed by atoms with Gasteiger partial charge in [0.05, 0.1) is 18.6 Å². The number of hydrogen-bond acceptors (Lipinski definition) is 7. The van der Waals surface area contributed by atoms with E-state index in [1.807, 2.05) is 13.1 Å². The summed E-state index contributed by atoms with van der Waals surface area (Å²) in [6, 6.07) is 3.89. The van der Waals surface area contributed by atoms with Crippen LogP contribution in [0.4, 0.5) is 4.79 Å². The van der Waals surface area contributed by atoms with Crippen molar-refractivity contribution in [1.82, 2.24) is 9.80 Å². The first-order valence-electron chi connectivity index (χ1n) is 10.5. The molecule has 0 saturated carbocycles. The van der Waals surface area contributed by atoms with Crippen LogP contribution in [0.1, 0.15) is 30.4 Å². The molecule has 0 saturated heterocycles. The molecule has 1 aliphatic heterocycles. The number of aliphatic hydroxyl groups is 1. The first-order valence-corrected chi connectivity index (χ1v) is 10.5. The Kier molecular flexibility index (Phi) is 5.42. The number of carbonyl (C=O) groups excluding carboxylic acids is 1. The van der Waals surface area contributed by atoms with Crippen molar-refractivity contribution in [3.8, 4) is 11.5 Å². The van der Waals surface area contributed by atoms with Gasteiger partial charge in [-0.2, -0.15) is 0 Å². The lowest BCUT2D eigenvalue weighted by Gasteiger charge is -2.50. The van der Waals surface area contributed by atoms with Crippen LogP contribution < -0.4 is 15.2 Å². The van der Waals surface area contributed by atoms with Crippen molar-refractivity contribution in [2.75, 3.05) is 40.8 Å². The van der Waals surface area contributed by atoms with Crippen molar-refractivity contribution in [2.24, 2.45) is 5.73 Å². The predicted molar refractivity (Wildman–Crippen MR) is 112 cm³/mol. The highest BCUT2D eigenvalue weighted by Gasteiger charge is 2.60. The van der Waals surface area contributed by atoms with Crippen LogP contribution in [0.25, 0.3) is 0 Å². The fraction of sp³-hybridized carbons (Fsp3) is 0.591. The highest BCUT2D eigenvalue weighted by molar-refractivity contribution is 5.69. The molecule has 2 aliphatic carbocycles. The van der Waals surface area contributed by atoms with Crippen molar-refractivity contribution in [3.05, 3.63) is 35.1 Å². The Morgan fingerprint density at radius 2 is 2.17 bits per heavy atom. The maximum atomic E-state index is 12.5. The number of carbonyl (C=O) groups is 1. The predicted octanol–water partition coefficient (Wildman–Crippen LogP) is 1.46. The SMILES string of the molecule is CCN(C)[C@@H]1Cc2ccc(OC)c3c2C2C(O3)C(OC(=O)N(C)CCN)=CCC21O. The molecule has 3 aliphatic rings. The molecule has 1 aromatic carbocycles. The van der Waals surface area contributed by atoms with Gasteiger partial charge in [-0.25, -0.2) is 4.79 Å². The highest BCUT2D eigenvalue weighted by Crippen LogP contribution is 2.59. The second-order valence-corrected chi connectivity index (χ2v) is 8.36. The Morgan fingerprint density at radius 3 is 2.83 bits per heavy atom. The summed E-state index contributed by atoms with van der Waals surface area (Å²) in [5.74, 6) is 1.36. The second kappa shape index (κ2) is 7.76. The van der Waals surface area contributed by atoms with Gasteiger partial charge in [-0.15, -0.1) is 0 Å². The van der Waals surface area contributed by atoms with Crippen LogP contribution >= 0.6 is 0 Å². The van der Waals surface area contributed by atoms with Crippen molar-refractivity contribution in [3.63, 3.8) is 0 Å². The van der Waals surface area contributed by atoms with E-state index in [-0.39, 0.29) is 12.0 Å². The number of amides is 1. The van der Waals surface area contributed by atoms with Gasteiger partial charge in [0.1, 0.15) is 5.76 Å². The van der Waals surface area contributed by atoms with Gasteiger partial charge >= 0.3 is 6.09 Å². The Labute approximate surface area is 177 Å². The summed E-state index contributed by atoms with van der Waals surface area (Å²) in [4.78, 5) is 16.1. The monoisotopic (exact) mass is 417 g/mol. The topological polar surface area (TPSA) is 97.5 Å². The summed E-state index contributed by atoms with van der Waals surface area (Å²) in [6.45, 7) is 3.65. The number of nitrogens with two attached hydrogens (primary N) is 1. The number of methoxy groups -OCH3 is 1. The lowest BCUT2D eigenvalue weighted by atomic mass is 9.63. The van der Waals surface area contributed by atoms with E-state index in [4.69, 9.17) is 19.9 Å². The van der Waals surface area contributed by atoms with E-state index in [1.54, 1.807) is 20.2 Å². The lowest BCUT2D eigenvalue weighted by molar-refractivity contribution is -0.0880. The van der Waals surface area contributed by atoms with Crippen molar-refractivity contribution >= 4 is 6.09 Å². The molecule has 4 atom stereocenters. The Bertz CT molecular complexity index is 873. The van der Waals surface area contributed by atoms with Crippen LogP contribution in [0.3, 0.4) is 0 Å². The fourth-order valence-corrected chi connectivity index (χ4v) is 5.06. The number of ether oxygens (including phenoxy) is 3. The third-order valence-corrected chi connectivity index (χ3v) is 6.78. The molecule has 1 heterocycles. The average Bonchev–Trinajstić information content (AvgIpc) is 3.16. The normalized spacial score (nSPS) is 28.5. The fourth-order valence-electron chi connectivity index (χ4n) is 5.06. The molecular weight excluding hydrogens is 386 g/mol. The smallest absolute Gasteiger partial charge is 0.414 e. The minimum Gasteiger partial charge on any atom is -0.493 e. The van der Waals surface area contributed by atoms with Gasteiger partial charge in [-0.3, -0.25) is 0 Å². The quantitative estimate of drug-likeness (QED) is 0.723. The zero-order valence-corrected chi connectivity index (χ0v) is 18.1.